The molecule has 0 amide bonds. The van der Waals surface area contributed by atoms with Crippen LogP contribution in [0, 0.1) is 0 Å². The molecule has 1 rings (SSSR count). The van der Waals surface area contributed by atoms with Crippen LogP contribution in [-0.2, 0) is 0 Å². The fraction of sp³-hybridized carbons (Fsp3) is 0.714. The molecule has 1 aliphatic carbocycles. The van der Waals surface area contributed by atoms with Crippen LogP contribution in [0.2, 0.25) is 0 Å². The Morgan fingerprint density at radius 1 is 1.67 bits per heavy atom. The predicted octanol–water partition coefficient (Wildman–Crippen LogP) is 1.43. The summed E-state index contributed by atoms with van der Waals surface area (Å²) in [5.41, 5.74) is 0. The summed E-state index contributed by atoms with van der Waals surface area (Å²) in [7, 11) is 0. The molecular weight excluding hydrogens is 132 g/mol. The van der Waals surface area contributed by atoms with Gasteiger partial charge in [-0.3, -0.25) is 0 Å². The van der Waals surface area contributed by atoms with Gasteiger partial charge in [0.15, 0.2) is 0 Å². The number of hydrogen-bond acceptors (Lipinski definition) is 2. The van der Waals surface area contributed by atoms with Gasteiger partial charge in [0.25, 0.3) is 0 Å². The van der Waals surface area contributed by atoms with E-state index in [-0.39, 0.29) is 6.61 Å². The van der Waals surface area contributed by atoms with Crippen molar-refractivity contribution in [2.75, 3.05) is 12.9 Å². The zero-order chi connectivity index (χ0) is 6.74. The monoisotopic (exact) mass is 144 g/mol. The van der Waals surface area contributed by atoms with Crippen LogP contribution >= 0.6 is 11.8 Å². The fourth-order valence-electron chi connectivity index (χ4n) is 0.830. The van der Waals surface area contributed by atoms with Crippen LogP contribution in [0.1, 0.15) is 12.8 Å². The van der Waals surface area contributed by atoms with Crippen molar-refractivity contribution in [3.63, 3.8) is 0 Å². The topological polar surface area (TPSA) is 20.2 Å². The first-order valence-electron chi connectivity index (χ1n) is 3.17. The lowest BCUT2D eigenvalue weighted by atomic mass is 10.3. The molecule has 52 valence electrons. The quantitative estimate of drug-likeness (QED) is 0.605. The Labute approximate surface area is 60.2 Å². The summed E-state index contributed by atoms with van der Waals surface area (Å²) in [5, 5.41) is 8.46. The second-order valence-corrected chi connectivity index (χ2v) is 3.58. The Morgan fingerprint density at radius 3 is 2.67 bits per heavy atom. The van der Waals surface area contributed by atoms with Gasteiger partial charge in [-0.25, -0.2) is 0 Å². The van der Waals surface area contributed by atoms with Crippen LogP contribution in [-0.4, -0.2) is 22.7 Å². The van der Waals surface area contributed by atoms with E-state index in [2.05, 4.69) is 12.3 Å². The fourth-order valence-corrected chi connectivity index (χ4v) is 1.57. The molecule has 0 radical (unpaired) electrons. The van der Waals surface area contributed by atoms with E-state index in [1.54, 1.807) is 0 Å². The second-order valence-electron chi connectivity index (χ2n) is 2.35. The van der Waals surface area contributed by atoms with Gasteiger partial charge in [-0.2, -0.15) is 11.8 Å². The molecule has 0 heterocycles. The average Bonchev–Trinajstić information content (AvgIpc) is 2.65. The van der Waals surface area contributed by atoms with Gasteiger partial charge in [0.2, 0.25) is 0 Å². The van der Waals surface area contributed by atoms with E-state index in [0.717, 1.165) is 0 Å². The molecular formula is C7H12OS. The molecule has 0 aromatic heterocycles. The lowest BCUT2D eigenvalue weighted by Gasteiger charge is -2.01. The summed E-state index contributed by atoms with van der Waals surface area (Å²) in [4.78, 5) is 0. The summed E-state index contributed by atoms with van der Waals surface area (Å²) in [5.74, 6) is 0. The number of aliphatic hydroxyl groups is 1. The minimum atomic E-state index is 0.183. The van der Waals surface area contributed by atoms with Gasteiger partial charge < -0.3 is 5.11 Å². The van der Waals surface area contributed by atoms with E-state index >= 15 is 0 Å². The van der Waals surface area contributed by atoms with Crippen LogP contribution in [0.5, 0.6) is 0 Å². The van der Waals surface area contributed by atoms with E-state index in [1.807, 2.05) is 17.8 Å². The van der Waals surface area contributed by atoms with E-state index in [9.17, 15) is 0 Å². The van der Waals surface area contributed by atoms with Crippen LogP contribution in [0.25, 0.3) is 0 Å². The summed E-state index contributed by atoms with van der Waals surface area (Å²) in [6.07, 6.45) is 8.64. The number of aliphatic hydroxyl groups excluding tert-OH is 1. The highest BCUT2D eigenvalue weighted by atomic mass is 32.2. The SMILES string of the molecule is CSC1(/C=C/CO)CC1. The highest BCUT2D eigenvalue weighted by Crippen LogP contribution is 2.48. The summed E-state index contributed by atoms with van der Waals surface area (Å²) in [6.45, 7) is 0.183. The Balaban J connectivity index is 2.33. The molecule has 1 N–H and O–H groups in total. The molecule has 2 heteroatoms. The molecule has 0 unspecified atom stereocenters. The lowest BCUT2D eigenvalue weighted by molar-refractivity contribution is 0.342. The first-order chi connectivity index (χ1) is 4.33. The maximum Gasteiger partial charge on any atom is 0.0612 e. The average molecular weight is 144 g/mol. The van der Waals surface area contributed by atoms with Crippen molar-refractivity contribution in [1.29, 1.82) is 0 Å². The Kier molecular flexibility index (Phi) is 2.19. The van der Waals surface area contributed by atoms with Crippen molar-refractivity contribution in [1.82, 2.24) is 0 Å². The summed E-state index contributed by atoms with van der Waals surface area (Å²) < 4.78 is 0.419. The number of hydrogen-bond donors (Lipinski definition) is 1. The van der Waals surface area contributed by atoms with Crippen LogP contribution in [0.4, 0.5) is 0 Å². The normalized spacial score (nSPS) is 22.9. The zero-order valence-electron chi connectivity index (χ0n) is 5.63. The molecule has 0 aromatic carbocycles. The van der Waals surface area contributed by atoms with Crippen molar-refractivity contribution in [3.8, 4) is 0 Å². The standard InChI is InChI=1S/C7H12OS/c1-9-7(4-5-7)3-2-6-8/h2-3,8H,4-6H2,1H3/b3-2+. The first kappa shape index (κ1) is 7.16. The third kappa shape index (κ3) is 1.73. The highest BCUT2D eigenvalue weighted by Gasteiger charge is 2.38. The van der Waals surface area contributed by atoms with Crippen LogP contribution in [0.3, 0.4) is 0 Å². The zero-order valence-corrected chi connectivity index (χ0v) is 6.45. The molecule has 0 aromatic rings. The van der Waals surface area contributed by atoms with Crippen molar-refractivity contribution >= 4 is 11.8 Å². The van der Waals surface area contributed by atoms with Gasteiger partial charge in [-0.1, -0.05) is 12.2 Å². The van der Waals surface area contributed by atoms with Crippen molar-refractivity contribution in [2.45, 2.75) is 17.6 Å². The molecule has 1 saturated carbocycles. The van der Waals surface area contributed by atoms with Crippen molar-refractivity contribution in [3.05, 3.63) is 12.2 Å². The maximum absolute atomic E-state index is 8.46. The molecule has 9 heavy (non-hydrogen) atoms. The second kappa shape index (κ2) is 2.76. The maximum atomic E-state index is 8.46. The lowest BCUT2D eigenvalue weighted by Crippen LogP contribution is -1.94. The minimum Gasteiger partial charge on any atom is -0.392 e. The van der Waals surface area contributed by atoms with Crippen LogP contribution in [0.15, 0.2) is 12.2 Å². The first-order valence-corrected chi connectivity index (χ1v) is 4.39. The third-order valence-corrected chi connectivity index (χ3v) is 3.03. The third-order valence-electron chi connectivity index (χ3n) is 1.68. The Morgan fingerprint density at radius 2 is 2.33 bits per heavy atom. The number of thioether (sulfide) groups is 1. The van der Waals surface area contributed by atoms with Crippen molar-refractivity contribution < 1.29 is 5.11 Å². The van der Waals surface area contributed by atoms with Gasteiger partial charge in [-0.05, 0) is 19.1 Å². The van der Waals surface area contributed by atoms with Crippen LogP contribution < -0.4 is 0 Å². The highest BCUT2D eigenvalue weighted by molar-refractivity contribution is 8.00. The van der Waals surface area contributed by atoms with Gasteiger partial charge >= 0.3 is 0 Å². The smallest absolute Gasteiger partial charge is 0.0612 e. The van der Waals surface area contributed by atoms with Gasteiger partial charge in [0, 0.05) is 4.75 Å². The van der Waals surface area contributed by atoms with E-state index < -0.39 is 0 Å². The Hall–Kier alpha value is 0.0500. The van der Waals surface area contributed by atoms with E-state index in [0.29, 0.717) is 4.75 Å². The number of rotatable bonds is 3. The largest absolute Gasteiger partial charge is 0.392 e. The summed E-state index contributed by atoms with van der Waals surface area (Å²) >= 11 is 1.88. The molecule has 1 fully saturated rings. The molecule has 0 aliphatic heterocycles. The molecule has 0 spiro atoms. The summed E-state index contributed by atoms with van der Waals surface area (Å²) in [6, 6.07) is 0. The molecule has 0 atom stereocenters. The van der Waals surface area contributed by atoms with Gasteiger partial charge in [0.1, 0.15) is 0 Å². The van der Waals surface area contributed by atoms with Gasteiger partial charge in [0.05, 0.1) is 6.61 Å². The predicted molar refractivity (Wildman–Crippen MR) is 41.7 cm³/mol. The van der Waals surface area contributed by atoms with E-state index in [1.165, 1.54) is 12.8 Å². The molecule has 1 aliphatic rings. The molecule has 1 nitrogen and oxygen atoms in total. The minimum absolute atomic E-state index is 0.183. The van der Waals surface area contributed by atoms with Gasteiger partial charge in [-0.15, -0.1) is 0 Å². The molecule has 0 bridgehead atoms. The van der Waals surface area contributed by atoms with Crippen molar-refractivity contribution in [2.24, 2.45) is 0 Å². The van der Waals surface area contributed by atoms with E-state index in [4.69, 9.17) is 5.11 Å². The Bertz CT molecular complexity index is 116. The molecule has 0 saturated heterocycles.